The summed E-state index contributed by atoms with van der Waals surface area (Å²) in [7, 11) is -4.81. The molecule has 0 spiro atoms. The van der Waals surface area contributed by atoms with Gasteiger partial charge in [-0.05, 0) is 116 Å². The van der Waals surface area contributed by atoms with E-state index in [9.17, 15) is 47.8 Å². The second kappa shape index (κ2) is 27.5. The molecule has 0 N–H and O–H groups in total. The largest absolute Gasteiger partial charge is 1.00 e. The molecule has 58 heavy (non-hydrogen) atoms. The number of hydrogen-bond donors (Lipinski definition) is 0. The van der Waals surface area contributed by atoms with Crippen LogP contribution in [0.2, 0.25) is 0 Å². The van der Waals surface area contributed by atoms with Gasteiger partial charge in [-0.15, -0.1) is 5.06 Å². The van der Waals surface area contributed by atoms with Crippen molar-refractivity contribution >= 4 is 64.0 Å². The maximum absolute atomic E-state index is 12.5. The van der Waals surface area contributed by atoms with Crippen molar-refractivity contribution in [1.82, 2.24) is 5.06 Å². The van der Waals surface area contributed by atoms with Crippen LogP contribution >= 0.6 is 24.1 Å². The molecule has 292 valence electrons. The first-order valence-corrected chi connectivity index (χ1v) is 20.0. The van der Waals surface area contributed by atoms with Crippen molar-refractivity contribution in [2.24, 2.45) is 17.8 Å². The summed E-state index contributed by atoms with van der Waals surface area (Å²) in [6.45, 7) is 0. The van der Waals surface area contributed by atoms with Gasteiger partial charge in [-0.1, -0.05) is 42.5 Å². The molecule has 4 unspecified atom stereocenters. The molecule has 4 atom stereocenters. The summed E-state index contributed by atoms with van der Waals surface area (Å²) in [6, 6.07) is 8.03. The molecule has 1 heterocycles. The minimum Gasteiger partial charge on any atom is -0.744 e. The third-order valence-electron chi connectivity index (χ3n) is 9.71. The van der Waals surface area contributed by atoms with E-state index in [1.165, 1.54) is 6.07 Å². The second-order valence-electron chi connectivity index (χ2n) is 13.0. The topological polar surface area (TPSA) is 244 Å². The van der Waals surface area contributed by atoms with Crippen LogP contribution < -0.4 is 134 Å². The third-order valence-corrected chi connectivity index (χ3v) is 12.1. The van der Waals surface area contributed by atoms with Crippen molar-refractivity contribution in [2.45, 2.75) is 80.8 Å². The Labute approximate surface area is 432 Å². The molecule has 0 aromatic rings. The summed E-state index contributed by atoms with van der Waals surface area (Å²) in [6.07, 6.45) is 11.9. The number of aryl methyl sites for hydroxylation is 1. The van der Waals surface area contributed by atoms with Crippen LogP contribution in [0.3, 0.4) is 0 Å². The van der Waals surface area contributed by atoms with E-state index in [1.54, 1.807) is 36.4 Å². The number of allylic oxidation sites excluding steroid dienone is 5. The molecule has 0 bridgehead atoms. The number of carboxylic acid groups (broad SMARTS) is 1. The predicted molar refractivity (Wildman–Crippen MR) is 183 cm³/mol. The minimum atomic E-state index is -4.81. The predicted octanol–water partition coefficient (Wildman–Crippen LogP) is -9.46. The Hall–Kier alpha value is 0.370. The molecule has 5 rings (SSSR count). The Morgan fingerprint density at radius 1 is 0.897 bits per heavy atom. The van der Waals surface area contributed by atoms with Gasteiger partial charge in [-0.3, -0.25) is 19.7 Å². The SMILES string of the molecule is O=C([O-])CCCc1ccc2c(C=CC=C3C=C(SOO[O-])C4CCC(CCCC(=O)ON5C(=O)CC(SOO[O-])C5=O)CCC34)cc(S(=O)(=O)[O-])c-2cc1.[Na+].[Na+].[Na+].[Na+]. The van der Waals surface area contributed by atoms with E-state index in [0.29, 0.717) is 53.9 Å². The number of fused-ring (bicyclic) bond motifs is 2. The molecule has 23 heteroatoms. The number of amides is 2. The minimum absolute atomic E-state index is 0. The number of rotatable bonds is 18. The number of carboxylic acids is 1. The number of aliphatic carboxylic acids is 1. The van der Waals surface area contributed by atoms with Crippen molar-refractivity contribution in [3.05, 3.63) is 70.2 Å². The smallest absolute Gasteiger partial charge is 0.744 e. The normalized spacial score (nSPS) is 21.1. The Morgan fingerprint density at radius 2 is 1.57 bits per heavy atom. The molecule has 0 aromatic carbocycles. The Balaban J connectivity index is 0.00000420. The second-order valence-corrected chi connectivity index (χ2v) is 16.1. The van der Waals surface area contributed by atoms with Crippen LogP contribution in [0.15, 0.2) is 63.9 Å². The van der Waals surface area contributed by atoms with Crippen molar-refractivity contribution in [2.75, 3.05) is 0 Å². The van der Waals surface area contributed by atoms with Gasteiger partial charge in [0.25, 0.3) is 11.8 Å². The number of nitrogens with zero attached hydrogens (tertiary/aromatic N) is 1. The van der Waals surface area contributed by atoms with Gasteiger partial charge < -0.3 is 29.8 Å². The molecular formula is C35H35NNa4O15S3. The molecular weight excluding hydrogens is 863 g/mol. The van der Waals surface area contributed by atoms with Crippen LogP contribution in [0.25, 0.3) is 17.2 Å². The number of hydrogen-bond acceptors (Lipinski definition) is 17. The summed E-state index contributed by atoms with van der Waals surface area (Å²) in [5.74, 6) is -3.14. The van der Waals surface area contributed by atoms with Gasteiger partial charge in [0.2, 0.25) is 0 Å². The molecule has 0 aromatic heterocycles. The number of imide groups is 1. The number of carbonyl (C=O) groups is 4. The van der Waals surface area contributed by atoms with Gasteiger partial charge in [0, 0.05) is 29.3 Å². The average molecular weight is 898 g/mol. The fourth-order valence-electron chi connectivity index (χ4n) is 7.18. The maximum atomic E-state index is 12.5. The summed E-state index contributed by atoms with van der Waals surface area (Å²) < 4.78 is 45.3. The summed E-state index contributed by atoms with van der Waals surface area (Å²) >= 11 is 1.20. The van der Waals surface area contributed by atoms with E-state index in [2.05, 4.69) is 18.7 Å². The molecule has 16 nitrogen and oxygen atoms in total. The van der Waals surface area contributed by atoms with Crippen LogP contribution in [0.1, 0.15) is 75.3 Å². The Kier molecular flexibility index (Phi) is 26.8. The van der Waals surface area contributed by atoms with Gasteiger partial charge in [0.1, 0.15) is 15.4 Å². The Bertz CT molecular complexity index is 1900. The standard InChI is InChI=1S/C35H39NO15S3.4Na/c37-32-20-30(53-51-49-43)35(41)36(32)47-34(40)9-2-5-22-10-14-25-23(18-29(52-50-48-42)27(25)16-12-22)6-3-7-24-19-31(54(44,45)46)28-17-13-21(11-15-26(24)28)4-1-8-33(38)39;;;;/h3,6-7,11,13,15,17-19,22,25,27,30,42-43H,1-2,4-5,8-10,12,14,16,20H2,(H,38,39)(H,44,45,46);;;;/q;4*+1/p-4. The van der Waals surface area contributed by atoms with E-state index in [1.807, 2.05) is 12.2 Å². The van der Waals surface area contributed by atoms with Gasteiger partial charge >= 0.3 is 124 Å². The zero-order chi connectivity index (χ0) is 38.8. The summed E-state index contributed by atoms with van der Waals surface area (Å²) in [5.41, 5.74) is 3.01. The van der Waals surface area contributed by atoms with Crippen LogP contribution in [-0.2, 0) is 59.3 Å². The fraction of sp³-hybridized carbons (Fsp3) is 0.429. The molecule has 1 saturated carbocycles. The van der Waals surface area contributed by atoms with E-state index < -0.39 is 39.1 Å². The van der Waals surface area contributed by atoms with Crippen molar-refractivity contribution in [3.8, 4) is 11.1 Å². The number of carbonyl (C=O) groups excluding carboxylic acids is 4. The molecule has 1 saturated heterocycles. The van der Waals surface area contributed by atoms with Gasteiger partial charge in [-0.25, -0.2) is 13.2 Å². The first-order chi connectivity index (χ1) is 25.9. The van der Waals surface area contributed by atoms with Crippen LogP contribution in [0.4, 0.5) is 0 Å². The molecule has 1 aliphatic heterocycles. The third kappa shape index (κ3) is 15.9. The molecule has 4 aliphatic carbocycles. The number of hydroxylamine groups is 2. The Morgan fingerprint density at radius 3 is 2.22 bits per heavy atom. The molecule has 2 amide bonds. The quantitative estimate of drug-likeness (QED) is 0.0337. The van der Waals surface area contributed by atoms with E-state index in [4.69, 9.17) is 4.84 Å². The van der Waals surface area contributed by atoms with Gasteiger partial charge in [-0.2, -0.15) is 8.67 Å². The zero-order valence-electron chi connectivity index (χ0n) is 32.6. The van der Waals surface area contributed by atoms with Crippen LogP contribution in [0.5, 0.6) is 0 Å². The monoisotopic (exact) mass is 897 g/mol. The van der Waals surface area contributed by atoms with E-state index in [0.717, 1.165) is 53.8 Å². The van der Waals surface area contributed by atoms with Gasteiger partial charge in [0.05, 0.1) is 23.4 Å². The van der Waals surface area contributed by atoms with Crippen molar-refractivity contribution < 1.29 is 190 Å². The maximum Gasteiger partial charge on any atom is 1.00 e. The first-order valence-electron chi connectivity index (χ1n) is 17.0. The fourth-order valence-corrected chi connectivity index (χ4v) is 9.11. The van der Waals surface area contributed by atoms with Crippen LogP contribution in [-0.4, -0.2) is 47.0 Å². The van der Waals surface area contributed by atoms with Crippen molar-refractivity contribution in [1.29, 1.82) is 0 Å². The van der Waals surface area contributed by atoms with Crippen LogP contribution in [0, 0.1) is 17.8 Å². The summed E-state index contributed by atoms with van der Waals surface area (Å²) in [5, 5.41) is 37.6. The molecule has 5 aliphatic rings. The first kappa shape index (κ1) is 56.4. The average Bonchev–Trinajstić information content (AvgIpc) is 3.59. The summed E-state index contributed by atoms with van der Waals surface area (Å²) in [4.78, 5) is 53.1. The molecule has 2 fully saturated rings. The van der Waals surface area contributed by atoms with E-state index in [-0.39, 0.29) is 166 Å². The zero-order valence-corrected chi connectivity index (χ0v) is 43.0. The van der Waals surface area contributed by atoms with E-state index >= 15 is 0 Å². The van der Waals surface area contributed by atoms with Gasteiger partial charge in [0.15, 0.2) is 0 Å². The van der Waals surface area contributed by atoms with Crippen molar-refractivity contribution in [3.63, 3.8) is 0 Å². The molecule has 0 radical (unpaired) electrons.